The van der Waals surface area contributed by atoms with E-state index in [0.717, 1.165) is 43.0 Å². The van der Waals surface area contributed by atoms with E-state index < -0.39 is 0 Å². The Hall–Kier alpha value is -3.09. The first-order valence-electron chi connectivity index (χ1n) is 8.46. The van der Waals surface area contributed by atoms with E-state index in [1.54, 1.807) is 12.3 Å². The van der Waals surface area contributed by atoms with Crippen LogP contribution in [0.2, 0.25) is 0 Å². The van der Waals surface area contributed by atoms with Crippen molar-refractivity contribution in [3.63, 3.8) is 0 Å². The molecule has 128 valence electrons. The molecule has 1 aliphatic heterocycles. The summed E-state index contributed by atoms with van der Waals surface area (Å²) in [6.07, 6.45) is 2.56. The third kappa shape index (κ3) is 3.40. The molecule has 0 radical (unpaired) electrons. The molecule has 1 aliphatic rings. The van der Waals surface area contributed by atoms with Crippen LogP contribution in [-0.4, -0.2) is 52.1 Å². The van der Waals surface area contributed by atoms with Gasteiger partial charge < -0.3 is 14.8 Å². The average Bonchev–Trinajstić information content (AvgIpc) is 2.91. The minimum absolute atomic E-state index is 0.106. The number of H-pyrrole nitrogens is 1. The fourth-order valence-corrected chi connectivity index (χ4v) is 3.05. The van der Waals surface area contributed by atoms with Gasteiger partial charge in [0.15, 0.2) is 0 Å². The molecule has 1 aromatic carbocycles. The van der Waals surface area contributed by atoms with E-state index >= 15 is 0 Å². The van der Waals surface area contributed by atoms with Crippen LogP contribution in [-0.2, 0) is 0 Å². The first kappa shape index (κ1) is 15.4. The Morgan fingerprint density at radius 1 is 1.04 bits per heavy atom. The number of carbonyl (C=O) groups is 1. The number of rotatable bonds is 2. The van der Waals surface area contributed by atoms with Crippen LogP contribution in [0.5, 0.6) is 0 Å². The van der Waals surface area contributed by atoms with Crippen molar-refractivity contribution < 1.29 is 4.79 Å². The van der Waals surface area contributed by atoms with Gasteiger partial charge in [-0.2, -0.15) is 0 Å². The maximum Gasteiger partial charge on any atom is 0.323 e. The van der Waals surface area contributed by atoms with E-state index in [0.29, 0.717) is 12.4 Å². The van der Waals surface area contributed by atoms with Crippen molar-refractivity contribution in [3.8, 4) is 0 Å². The highest BCUT2D eigenvalue weighted by Gasteiger charge is 2.21. The fourth-order valence-electron chi connectivity index (χ4n) is 3.05. The number of fused-ring (bicyclic) bond motifs is 1. The maximum atomic E-state index is 12.4. The number of imidazole rings is 1. The summed E-state index contributed by atoms with van der Waals surface area (Å²) in [5.41, 5.74) is 2.00. The van der Waals surface area contributed by atoms with Gasteiger partial charge in [0.25, 0.3) is 0 Å². The number of hydrogen-bond donors (Lipinski definition) is 2. The summed E-state index contributed by atoms with van der Waals surface area (Å²) in [5, 5.41) is 2.85. The highest BCUT2D eigenvalue weighted by molar-refractivity contribution is 5.88. The molecular formula is C18H20N6O. The highest BCUT2D eigenvalue weighted by atomic mass is 16.2. The van der Waals surface area contributed by atoms with E-state index in [-0.39, 0.29) is 6.03 Å². The summed E-state index contributed by atoms with van der Waals surface area (Å²) < 4.78 is 0. The molecule has 4 rings (SSSR count). The number of urea groups is 1. The predicted molar refractivity (Wildman–Crippen MR) is 97.8 cm³/mol. The molecule has 3 heterocycles. The quantitative estimate of drug-likeness (QED) is 0.754. The third-order valence-corrected chi connectivity index (χ3v) is 4.36. The van der Waals surface area contributed by atoms with Crippen LogP contribution >= 0.6 is 0 Å². The number of nitrogens with one attached hydrogen (secondary N) is 2. The normalized spacial score (nSPS) is 15.2. The van der Waals surface area contributed by atoms with E-state index in [1.807, 2.05) is 41.3 Å². The van der Waals surface area contributed by atoms with Gasteiger partial charge in [0.2, 0.25) is 5.95 Å². The number of para-hydroxylation sites is 2. The lowest BCUT2D eigenvalue weighted by Crippen LogP contribution is -2.38. The van der Waals surface area contributed by atoms with Crippen LogP contribution in [0, 0.1) is 0 Å². The predicted octanol–water partition coefficient (Wildman–Crippen LogP) is 2.70. The Kier molecular flexibility index (Phi) is 4.20. The molecule has 25 heavy (non-hydrogen) atoms. The number of hydrogen-bond acceptors (Lipinski definition) is 4. The fraction of sp³-hybridized carbons (Fsp3) is 0.278. The number of nitrogens with zero attached hydrogens (tertiary/aromatic N) is 4. The summed E-state index contributed by atoms with van der Waals surface area (Å²) >= 11 is 0. The van der Waals surface area contributed by atoms with Crippen molar-refractivity contribution in [2.45, 2.75) is 6.42 Å². The van der Waals surface area contributed by atoms with Gasteiger partial charge in [-0.25, -0.2) is 14.8 Å². The molecule has 2 aromatic heterocycles. The number of benzene rings is 1. The molecule has 0 bridgehead atoms. The number of anilines is 2. The Morgan fingerprint density at radius 2 is 1.92 bits per heavy atom. The molecule has 1 fully saturated rings. The molecule has 0 saturated carbocycles. The molecule has 2 amide bonds. The number of carbonyl (C=O) groups excluding carboxylic acids is 1. The monoisotopic (exact) mass is 336 g/mol. The third-order valence-electron chi connectivity index (χ3n) is 4.36. The number of aromatic amines is 1. The largest absolute Gasteiger partial charge is 0.341 e. The first-order chi connectivity index (χ1) is 12.3. The van der Waals surface area contributed by atoms with Crippen molar-refractivity contribution in [1.29, 1.82) is 0 Å². The van der Waals surface area contributed by atoms with Gasteiger partial charge in [-0.1, -0.05) is 18.2 Å². The second kappa shape index (κ2) is 6.80. The van der Waals surface area contributed by atoms with E-state index in [2.05, 4.69) is 25.2 Å². The number of pyridine rings is 1. The molecule has 2 N–H and O–H groups in total. The topological polar surface area (TPSA) is 77.2 Å². The molecule has 0 atom stereocenters. The SMILES string of the molecule is O=C(Nc1ccccn1)N1CCCN(c2nc3ccccc3[nH]2)CC1. The second-order valence-corrected chi connectivity index (χ2v) is 6.05. The molecule has 1 saturated heterocycles. The molecule has 0 spiro atoms. The summed E-state index contributed by atoms with van der Waals surface area (Å²) in [6.45, 7) is 2.98. The molecular weight excluding hydrogens is 316 g/mol. The van der Waals surface area contributed by atoms with Crippen molar-refractivity contribution in [3.05, 3.63) is 48.7 Å². The summed E-state index contributed by atoms with van der Waals surface area (Å²) in [7, 11) is 0. The average molecular weight is 336 g/mol. The smallest absolute Gasteiger partial charge is 0.323 e. The minimum atomic E-state index is -0.106. The molecule has 3 aromatic rings. The van der Waals surface area contributed by atoms with Gasteiger partial charge in [0, 0.05) is 32.4 Å². The van der Waals surface area contributed by atoms with Crippen LogP contribution in [0.4, 0.5) is 16.6 Å². The molecule has 0 unspecified atom stereocenters. The van der Waals surface area contributed by atoms with E-state index in [4.69, 9.17) is 0 Å². The van der Waals surface area contributed by atoms with Gasteiger partial charge in [0.1, 0.15) is 5.82 Å². The van der Waals surface area contributed by atoms with Crippen molar-refractivity contribution in [1.82, 2.24) is 19.9 Å². The Morgan fingerprint density at radius 3 is 2.76 bits per heavy atom. The van der Waals surface area contributed by atoms with Crippen LogP contribution < -0.4 is 10.2 Å². The first-order valence-corrected chi connectivity index (χ1v) is 8.46. The lowest BCUT2D eigenvalue weighted by molar-refractivity contribution is 0.215. The lowest BCUT2D eigenvalue weighted by atomic mass is 10.3. The minimum Gasteiger partial charge on any atom is -0.341 e. The van der Waals surface area contributed by atoms with Gasteiger partial charge in [-0.05, 0) is 30.7 Å². The summed E-state index contributed by atoms with van der Waals surface area (Å²) in [6, 6.07) is 13.4. The summed E-state index contributed by atoms with van der Waals surface area (Å²) in [5.74, 6) is 1.44. The van der Waals surface area contributed by atoms with E-state index in [9.17, 15) is 4.79 Å². The standard InChI is InChI=1S/C18H20N6O/c25-18(22-16-8-3-4-9-19-16)24-11-5-10-23(12-13-24)17-20-14-6-1-2-7-15(14)21-17/h1-4,6-9H,5,10-13H2,(H,20,21)(H,19,22,25). The van der Waals surface area contributed by atoms with Crippen LogP contribution in [0.3, 0.4) is 0 Å². The van der Waals surface area contributed by atoms with Gasteiger partial charge >= 0.3 is 6.03 Å². The van der Waals surface area contributed by atoms with Crippen LogP contribution in [0.25, 0.3) is 11.0 Å². The zero-order chi connectivity index (χ0) is 17.1. The second-order valence-electron chi connectivity index (χ2n) is 6.05. The summed E-state index contributed by atoms with van der Waals surface area (Å²) in [4.78, 5) is 28.6. The lowest BCUT2D eigenvalue weighted by Gasteiger charge is -2.21. The van der Waals surface area contributed by atoms with Crippen molar-refractivity contribution in [2.75, 3.05) is 36.4 Å². The van der Waals surface area contributed by atoms with Gasteiger partial charge in [0.05, 0.1) is 11.0 Å². The van der Waals surface area contributed by atoms with Crippen molar-refractivity contribution in [2.24, 2.45) is 0 Å². The zero-order valence-corrected chi connectivity index (χ0v) is 13.9. The van der Waals surface area contributed by atoms with Crippen LogP contribution in [0.15, 0.2) is 48.7 Å². The Labute approximate surface area is 145 Å². The number of aromatic nitrogens is 3. The number of amides is 2. The van der Waals surface area contributed by atoms with Gasteiger partial charge in [-0.3, -0.25) is 5.32 Å². The van der Waals surface area contributed by atoms with Gasteiger partial charge in [-0.15, -0.1) is 0 Å². The molecule has 0 aliphatic carbocycles. The molecule has 7 heteroatoms. The van der Waals surface area contributed by atoms with Crippen LogP contribution in [0.1, 0.15) is 6.42 Å². The Balaban J connectivity index is 1.42. The highest BCUT2D eigenvalue weighted by Crippen LogP contribution is 2.18. The zero-order valence-electron chi connectivity index (χ0n) is 13.9. The Bertz CT molecular complexity index is 829. The van der Waals surface area contributed by atoms with E-state index in [1.165, 1.54) is 0 Å². The van der Waals surface area contributed by atoms with Crippen molar-refractivity contribution >= 4 is 28.8 Å². The maximum absolute atomic E-state index is 12.4. The molecule has 7 nitrogen and oxygen atoms in total.